The Morgan fingerprint density at radius 3 is 3.00 bits per heavy atom. The number of rotatable bonds is 2. The lowest BCUT2D eigenvalue weighted by atomic mass is 10.1. The first kappa shape index (κ1) is 11.5. The summed E-state index contributed by atoms with van der Waals surface area (Å²) in [6.07, 6.45) is 0.145. The van der Waals surface area contributed by atoms with Crippen LogP contribution in [0.4, 0.5) is 0 Å². The summed E-state index contributed by atoms with van der Waals surface area (Å²) in [6, 6.07) is 7.25. The third-order valence-electron chi connectivity index (χ3n) is 2.51. The molecular weight excluding hydrogens is 240 g/mol. The summed E-state index contributed by atoms with van der Waals surface area (Å²) in [4.78, 5) is 14.5. The van der Waals surface area contributed by atoms with E-state index in [2.05, 4.69) is 9.72 Å². The Morgan fingerprint density at radius 1 is 1.59 bits per heavy atom. The predicted octanol–water partition coefficient (Wildman–Crippen LogP) is 2.67. The zero-order valence-electron chi connectivity index (χ0n) is 9.08. The molecule has 0 atom stereocenters. The molecule has 17 heavy (non-hydrogen) atoms. The first-order chi connectivity index (χ1) is 8.17. The lowest BCUT2D eigenvalue weighted by Gasteiger charge is -1.98. The number of nitrogens with zero attached hydrogens (tertiary/aromatic N) is 1. The predicted molar refractivity (Wildman–Crippen MR) is 64.0 cm³/mol. The fourth-order valence-electron chi connectivity index (χ4n) is 1.77. The van der Waals surface area contributed by atoms with Crippen molar-refractivity contribution in [3.8, 4) is 6.07 Å². The first-order valence-corrected chi connectivity index (χ1v) is 5.30. The highest BCUT2D eigenvalue weighted by molar-refractivity contribution is 6.31. The van der Waals surface area contributed by atoms with E-state index in [1.165, 1.54) is 7.11 Å². The lowest BCUT2D eigenvalue weighted by Crippen LogP contribution is -2.04. The molecule has 86 valence electrons. The van der Waals surface area contributed by atoms with E-state index < -0.39 is 5.97 Å². The fraction of sp³-hybridized carbons (Fsp3) is 0.167. The summed E-state index contributed by atoms with van der Waals surface area (Å²) in [7, 11) is 1.30. The molecule has 0 saturated heterocycles. The number of H-pyrrole nitrogens is 1. The van der Waals surface area contributed by atoms with Gasteiger partial charge in [0.25, 0.3) is 0 Å². The second-order valence-corrected chi connectivity index (χ2v) is 3.93. The number of nitrogens with one attached hydrogen (secondary N) is 1. The topological polar surface area (TPSA) is 65.9 Å². The molecule has 0 aliphatic heterocycles. The van der Waals surface area contributed by atoms with Gasteiger partial charge in [0.05, 0.1) is 19.6 Å². The maximum absolute atomic E-state index is 11.6. The molecule has 1 aromatic heterocycles. The van der Waals surface area contributed by atoms with Crippen LogP contribution in [0.3, 0.4) is 0 Å². The molecule has 0 aliphatic rings. The molecule has 0 aliphatic carbocycles. The summed E-state index contributed by atoms with van der Waals surface area (Å²) in [5, 5.41) is 10.2. The van der Waals surface area contributed by atoms with E-state index in [1.807, 2.05) is 6.07 Å². The van der Waals surface area contributed by atoms with Crippen LogP contribution in [0, 0.1) is 11.3 Å². The van der Waals surface area contributed by atoms with Gasteiger partial charge in [-0.15, -0.1) is 0 Å². The Labute approximate surface area is 103 Å². The van der Waals surface area contributed by atoms with Gasteiger partial charge in [-0.25, -0.2) is 4.79 Å². The molecule has 0 unspecified atom stereocenters. The Kier molecular flexibility index (Phi) is 3.03. The van der Waals surface area contributed by atoms with Crippen molar-refractivity contribution in [1.82, 2.24) is 4.98 Å². The second kappa shape index (κ2) is 4.48. The van der Waals surface area contributed by atoms with Gasteiger partial charge < -0.3 is 9.72 Å². The lowest BCUT2D eigenvalue weighted by molar-refractivity contribution is 0.0594. The highest BCUT2D eigenvalue weighted by Gasteiger charge is 2.17. The molecule has 2 aromatic rings. The van der Waals surface area contributed by atoms with Crippen LogP contribution >= 0.6 is 11.6 Å². The Hall–Kier alpha value is -1.99. The third-order valence-corrected chi connectivity index (χ3v) is 2.75. The number of aromatic amines is 1. The van der Waals surface area contributed by atoms with Crippen molar-refractivity contribution in [2.75, 3.05) is 7.11 Å². The van der Waals surface area contributed by atoms with Crippen LogP contribution in [0.15, 0.2) is 18.2 Å². The van der Waals surface area contributed by atoms with E-state index in [0.717, 1.165) is 10.9 Å². The van der Waals surface area contributed by atoms with Gasteiger partial charge in [-0.05, 0) is 12.1 Å². The molecular formula is C12H9ClN2O2. The standard InChI is InChI=1S/C12H9ClN2O2/c1-17-12(16)11-9(4-5-14)8-3-2-7(13)6-10(8)15-11/h2-3,6,15H,4H2,1H3. The highest BCUT2D eigenvalue weighted by Crippen LogP contribution is 2.26. The highest BCUT2D eigenvalue weighted by atomic mass is 35.5. The van der Waals surface area contributed by atoms with Crippen LogP contribution in [0.25, 0.3) is 10.9 Å². The average Bonchev–Trinajstić information content (AvgIpc) is 2.67. The Morgan fingerprint density at radius 2 is 2.35 bits per heavy atom. The van der Waals surface area contributed by atoms with Crippen LogP contribution < -0.4 is 0 Å². The minimum absolute atomic E-state index is 0.145. The molecule has 5 heteroatoms. The van der Waals surface area contributed by atoms with Gasteiger partial charge in [0.15, 0.2) is 0 Å². The van der Waals surface area contributed by atoms with Crippen molar-refractivity contribution in [3.05, 3.63) is 34.5 Å². The van der Waals surface area contributed by atoms with Crippen molar-refractivity contribution >= 4 is 28.5 Å². The van der Waals surface area contributed by atoms with Crippen LogP contribution in [0.1, 0.15) is 16.1 Å². The van der Waals surface area contributed by atoms with Crippen LogP contribution in [-0.4, -0.2) is 18.1 Å². The number of fused-ring (bicyclic) bond motifs is 1. The van der Waals surface area contributed by atoms with Gasteiger partial charge in [0.1, 0.15) is 5.69 Å². The van der Waals surface area contributed by atoms with Crippen LogP contribution in [-0.2, 0) is 11.2 Å². The molecule has 1 N–H and O–H groups in total. The number of nitriles is 1. The number of methoxy groups -OCH3 is 1. The van der Waals surface area contributed by atoms with E-state index in [-0.39, 0.29) is 6.42 Å². The summed E-state index contributed by atoms with van der Waals surface area (Å²) >= 11 is 5.87. The largest absolute Gasteiger partial charge is 0.464 e. The summed E-state index contributed by atoms with van der Waals surface area (Å²) in [5.74, 6) is -0.484. The number of halogens is 1. The SMILES string of the molecule is COC(=O)c1[nH]c2cc(Cl)ccc2c1CC#N. The van der Waals surface area contributed by atoms with Crippen molar-refractivity contribution in [3.63, 3.8) is 0 Å². The minimum Gasteiger partial charge on any atom is -0.464 e. The molecule has 2 rings (SSSR count). The average molecular weight is 249 g/mol. The summed E-state index contributed by atoms with van der Waals surface area (Å²) in [6.45, 7) is 0. The molecule has 0 saturated carbocycles. The Balaban J connectivity index is 2.70. The van der Waals surface area contributed by atoms with E-state index in [4.69, 9.17) is 16.9 Å². The van der Waals surface area contributed by atoms with Crippen molar-refractivity contribution in [2.45, 2.75) is 6.42 Å². The van der Waals surface area contributed by atoms with E-state index in [1.54, 1.807) is 18.2 Å². The van der Waals surface area contributed by atoms with E-state index in [9.17, 15) is 4.79 Å². The Bertz CT molecular complexity index is 625. The number of esters is 1. The van der Waals surface area contributed by atoms with E-state index >= 15 is 0 Å². The monoisotopic (exact) mass is 248 g/mol. The zero-order chi connectivity index (χ0) is 12.4. The molecule has 1 heterocycles. The van der Waals surface area contributed by atoms with Crippen molar-refractivity contribution < 1.29 is 9.53 Å². The van der Waals surface area contributed by atoms with Crippen LogP contribution in [0.5, 0.6) is 0 Å². The van der Waals surface area contributed by atoms with Crippen LogP contribution in [0.2, 0.25) is 5.02 Å². The van der Waals surface area contributed by atoms with Gasteiger partial charge in [-0.1, -0.05) is 17.7 Å². The number of ether oxygens (including phenoxy) is 1. The van der Waals surface area contributed by atoms with Crippen molar-refractivity contribution in [1.29, 1.82) is 5.26 Å². The number of benzene rings is 1. The third kappa shape index (κ3) is 1.97. The molecule has 0 spiro atoms. The second-order valence-electron chi connectivity index (χ2n) is 3.49. The number of hydrogen-bond acceptors (Lipinski definition) is 3. The molecule has 4 nitrogen and oxygen atoms in total. The summed E-state index contributed by atoms with van der Waals surface area (Å²) in [5.41, 5.74) is 1.68. The molecule has 0 fully saturated rings. The van der Waals surface area contributed by atoms with E-state index in [0.29, 0.717) is 16.3 Å². The summed E-state index contributed by atoms with van der Waals surface area (Å²) < 4.78 is 4.67. The molecule has 0 amide bonds. The number of carbonyl (C=O) groups is 1. The number of aromatic nitrogens is 1. The maximum atomic E-state index is 11.6. The number of carbonyl (C=O) groups excluding carboxylic acids is 1. The molecule has 0 radical (unpaired) electrons. The van der Waals surface area contributed by atoms with Gasteiger partial charge in [-0.2, -0.15) is 5.26 Å². The number of hydrogen-bond donors (Lipinski definition) is 1. The van der Waals surface area contributed by atoms with Gasteiger partial charge in [-0.3, -0.25) is 0 Å². The smallest absolute Gasteiger partial charge is 0.354 e. The van der Waals surface area contributed by atoms with Crippen molar-refractivity contribution in [2.24, 2.45) is 0 Å². The zero-order valence-corrected chi connectivity index (χ0v) is 9.84. The maximum Gasteiger partial charge on any atom is 0.354 e. The van der Waals surface area contributed by atoms with Gasteiger partial charge in [0, 0.05) is 21.5 Å². The molecule has 0 bridgehead atoms. The normalized spacial score (nSPS) is 10.2. The van der Waals surface area contributed by atoms with Gasteiger partial charge >= 0.3 is 5.97 Å². The molecule has 1 aromatic carbocycles. The fourth-order valence-corrected chi connectivity index (χ4v) is 1.94. The minimum atomic E-state index is -0.484. The first-order valence-electron chi connectivity index (χ1n) is 4.92. The quantitative estimate of drug-likeness (QED) is 0.831. The van der Waals surface area contributed by atoms with Gasteiger partial charge in [0.2, 0.25) is 0 Å².